The van der Waals surface area contributed by atoms with E-state index in [9.17, 15) is 0 Å². The molecule has 3 N–H and O–H groups in total. The predicted octanol–water partition coefficient (Wildman–Crippen LogP) is 4.94. The Balaban J connectivity index is 0.00000272. The van der Waals surface area contributed by atoms with Crippen molar-refractivity contribution in [3.05, 3.63) is 66.4 Å². The average Bonchev–Trinajstić information content (AvgIpc) is 3.21. The summed E-state index contributed by atoms with van der Waals surface area (Å²) in [6, 6.07) is 19.7. The van der Waals surface area contributed by atoms with Crippen molar-refractivity contribution in [2.24, 2.45) is 4.99 Å². The minimum atomic E-state index is 0. The van der Waals surface area contributed by atoms with Crippen molar-refractivity contribution < 1.29 is 0 Å². The number of aromatic nitrogens is 1. The number of fused-ring (bicyclic) bond motifs is 1. The molecule has 1 fully saturated rings. The van der Waals surface area contributed by atoms with E-state index in [1.807, 2.05) is 0 Å². The maximum Gasteiger partial charge on any atom is 0.191 e. The molecule has 0 amide bonds. The summed E-state index contributed by atoms with van der Waals surface area (Å²) in [5.41, 5.74) is 3.92. The average molecular weight is 531 g/mol. The van der Waals surface area contributed by atoms with Gasteiger partial charge in [0.15, 0.2) is 5.96 Å². The van der Waals surface area contributed by atoms with Gasteiger partial charge in [-0.2, -0.15) is 0 Å². The molecule has 0 saturated carbocycles. The zero-order valence-corrected chi connectivity index (χ0v) is 20.6. The molecular weight excluding hydrogens is 497 g/mol. The van der Waals surface area contributed by atoms with Crippen LogP contribution in [-0.2, 0) is 6.42 Å². The Morgan fingerprint density at radius 3 is 2.58 bits per heavy atom. The SMILES string of the molecule is CCNC(=NCCCc1c[nH]c2ccccc12)NC1CCN(c2ccccc2)CC1.I. The fraction of sp³-hybridized carbons (Fsp3) is 0.400. The maximum atomic E-state index is 4.83. The first-order chi connectivity index (χ1) is 14.8. The highest BCUT2D eigenvalue weighted by atomic mass is 127. The molecule has 0 spiro atoms. The minimum absolute atomic E-state index is 0. The van der Waals surface area contributed by atoms with Gasteiger partial charge in [-0.3, -0.25) is 4.99 Å². The summed E-state index contributed by atoms with van der Waals surface area (Å²) < 4.78 is 0. The van der Waals surface area contributed by atoms with E-state index in [-0.39, 0.29) is 24.0 Å². The third kappa shape index (κ3) is 6.38. The van der Waals surface area contributed by atoms with Gasteiger partial charge < -0.3 is 20.5 Å². The normalized spacial score (nSPS) is 15.0. The van der Waals surface area contributed by atoms with Gasteiger partial charge in [0.2, 0.25) is 0 Å². The van der Waals surface area contributed by atoms with Crippen molar-refractivity contribution in [2.75, 3.05) is 31.1 Å². The Labute approximate surface area is 202 Å². The van der Waals surface area contributed by atoms with Crippen LogP contribution in [0.15, 0.2) is 65.8 Å². The fourth-order valence-electron chi connectivity index (χ4n) is 4.23. The number of benzene rings is 2. The zero-order chi connectivity index (χ0) is 20.6. The van der Waals surface area contributed by atoms with E-state index in [1.54, 1.807) is 0 Å². The van der Waals surface area contributed by atoms with Gasteiger partial charge in [-0.25, -0.2) is 0 Å². The molecule has 0 bridgehead atoms. The molecule has 0 unspecified atom stereocenters. The molecule has 1 aromatic heterocycles. The summed E-state index contributed by atoms with van der Waals surface area (Å²) in [4.78, 5) is 10.7. The number of aromatic amines is 1. The molecule has 1 saturated heterocycles. The Bertz CT molecular complexity index is 945. The second kappa shape index (κ2) is 12.0. The fourth-order valence-corrected chi connectivity index (χ4v) is 4.23. The molecular formula is C25H34IN5. The molecule has 2 aromatic carbocycles. The number of hydrogen-bond donors (Lipinski definition) is 3. The molecule has 1 aliphatic heterocycles. The van der Waals surface area contributed by atoms with E-state index >= 15 is 0 Å². The van der Waals surface area contributed by atoms with Crippen LogP contribution in [0.1, 0.15) is 31.7 Å². The van der Waals surface area contributed by atoms with E-state index < -0.39 is 0 Å². The molecule has 31 heavy (non-hydrogen) atoms. The molecule has 5 nitrogen and oxygen atoms in total. The van der Waals surface area contributed by atoms with Crippen LogP contribution in [0.5, 0.6) is 0 Å². The first-order valence-electron chi connectivity index (χ1n) is 11.2. The van der Waals surface area contributed by atoms with Gasteiger partial charge in [0.25, 0.3) is 0 Å². The highest BCUT2D eigenvalue weighted by Crippen LogP contribution is 2.20. The topological polar surface area (TPSA) is 55.5 Å². The van der Waals surface area contributed by atoms with Gasteiger partial charge in [0, 0.05) is 55.0 Å². The van der Waals surface area contributed by atoms with E-state index in [4.69, 9.17) is 4.99 Å². The van der Waals surface area contributed by atoms with Crippen molar-refractivity contribution in [2.45, 2.75) is 38.6 Å². The van der Waals surface area contributed by atoms with Crippen molar-refractivity contribution in [1.29, 1.82) is 0 Å². The van der Waals surface area contributed by atoms with Crippen molar-refractivity contribution in [3.63, 3.8) is 0 Å². The monoisotopic (exact) mass is 531 g/mol. The number of rotatable bonds is 7. The number of anilines is 1. The minimum Gasteiger partial charge on any atom is -0.371 e. The number of para-hydroxylation sites is 2. The predicted molar refractivity (Wildman–Crippen MR) is 143 cm³/mol. The first kappa shape index (κ1) is 23.4. The zero-order valence-electron chi connectivity index (χ0n) is 18.3. The third-order valence-corrected chi connectivity index (χ3v) is 5.85. The molecule has 0 aliphatic carbocycles. The Morgan fingerprint density at radius 1 is 1.06 bits per heavy atom. The lowest BCUT2D eigenvalue weighted by atomic mass is 10.0. The van der Waals surface area contributed by atoms with Crippen LogP contribution in [0.4, 0.5) is 5.69 Å². The molecule has 0 atom stereocenters. The number of nitrogens with zero attached hydrogens (tertiary/aromatic N) is 2. The van der Waals surface area contributed by atoms with Crippen LogP contribution >= 0.6 is 24.0 Å². The van der Waals surface area contributed by atoms with E-state index in [2.05, 4.69) is 88.2 Å². The van der Waals surface area contributed by atoms with Gasteiger partial charge in [-0.05, 0) is 56.4 Å². The molecule has 3 aromatic rings. The lowest BCUT2D eigenvalue weighted by Gasteiger charge is -2.34. The highest BCUT2D eigenvalue weighted by molar-refractivity contribution is 14.0. The number of hydrogen-bond acceptors (Lipinski definition) is 2. The van der Waals surface area contributed by atoms with E-state index in [0.717, 1.165) is 57.8 Å². The molecule has 2 heterocycles. The number of guanidine groups is 1. The second-order valence-corrected chi connectivity index (χ2v) is 7.96. The number of aliphatic imine (C=N–C) groups is 1. The third-order valence-electron chi connectivity index (χ3n) is 5.85. The summed E-state index contributed by atoms with van der Waals surface area (Å²) in [6.45, 7) is 6.01. The van der Waals surface area contributed by atoms with Gasteiger partial charge in [0.05, 0.1) is 0 Å². The van der Waals surface area contributed by atoms with Crippen LogP contribution in [0, 0.1) is 0 Å². The number of piperidine rings is 1. The van der Waals surface area contributed by atoms with Crippen molar-refractivity contribution >= 4 is 46.5 Å². The molecule has 0 radical (unpaired) electrons. The maximum absolute atomic E-state index is 4.83. The smallest absolute Gasteiger partial charge is 0.191 e. The van der Waals surface area contributed by atoms with Crippen LogP contribution in [0.25, 0.3) is 10.9 Å². The van der Waals surface area contributed by atoms with Crippen LogP contribution in [0.3, 0.4) is 0 Å². The molecule has 166 valence electrons. The second-order valence-electron chi connectivity index (χ2n) is 7.96. The quantitative estimate of drug-likeness (QED) is 0.175. The van der Waals surface area contributed by atoms with E-state index in [0.29, 0.717) is 6.04 Å². The molecule has 1 aliphatic rings. The summed E-state index contributed by atoms with van der Waals surface area (Å²) >= 11 is 0. The summed E-state index contributed by atoms with van der Waals surface area (Å²) in [6.07, 6.45) is 6.49. The lowest BCUT2D eigenvalue weighted by Crippen LogP contribution is -2.48. The van der Waals surface area contributed by atoms with Crippen molar-refractivity contribution in [3.8, 4) is 0 Å². The van der Waals surface area contributed by atoms with Crippen LogP contribution < -0.4 is 15.5 Å². The lowest BCUT2D eigenvalue weighted by molar-refractivity contribution is 0.461. The van der Waals surface area contributed by atoms with Crippen LogP contribution in [-0.4, -0.2) is 43.2 Å². The Morgan fingerprint density at radius 2 is 1.81 bits per heavy atom. The molecule has 6 heteroatoms. The number of aryl methyl sites for hydroxylation is 1. The van der Waals surface area contributed by atoms with Gasteiger partial charge in [-0.1, -0.05) is 36.4 Å². The number of nitrogens with one attached hydrogen (secondary N) is 3. The van der Waals surface area contributed by atoms with E-state index in [1.165, 1.54) is 22.2 Å². The standard InChI is InChI=1S/C25H33N5.HI/c1-2-26-25(27-16-8-9-20-19-28-24-13-7-6-12-23(20)24)29-21-14-17-30(18-15-21)22-10-4-3-5-11-22;/h3-7,10-13,19,21,28H,2,8-9,14-18H2,1H3,(H2,26,27,29);1H. The van der Waals surface area contributed by atoms with Crippen LogP contribution in [0.2, 0.25) is 0 Å². The van der Waals surface area contributed by atoms with Gasteiger partial charge in [-0.15, -0.1) is 24.0 Å². The number of H-pyrrole nitrogens is 1. The Kier molecular flexibility index (Phi) is 9.06. The first-order valence-corrected chi connectivity index (χ1v) is 11.2. The summed E-state index contributed by atoms with van der Waals surface area (Å²) in [7, 11) is 0. The summed E-state index contributed by atoms with van der Waals surface area (Å²) in [5.74, 6) is 0.953. The van der Waals surface area contributed by atoms with Gasteiger partial charge in [0.1, 0.15) is 0 Å². The highest BCUT2D eigenvalue weighted by Gasteiger charge is 2.20. The van der Waals surface area contributed by atoms with Gasteiger partial charge >= 0.3 is 0 Å². The van der Waals surface area contributed by atoms with Crippen molar-refractivity contribution in [1.82, 2.24) is 15.6 Å². The number of halogens is 1. The Hall–Kier alpha value is -2.22. The summed E-state index contributed by atoms with van der Waals surface area (Å²) in [5, 5.41) is 8.40. The molecule has 4 rings (SSSR count). The largest absolute Gasteiger partial charge is 0.371 e.